The van der Waals surface area contributed by atoms with Crippen LogP contribution < -0.4 is 4.57 Å². The molecule has 2 aliphatic rings. The fraction of sp³-hybridized carbons (Fsp3) is 0.424. The molecule has 0 fully saturated rings. The van der Waals surface area contributed by atoms with E-state index in [1.54, 1.807) is 5.56 Å². The lowest BCUT2D eigenvalue weighted by atomic mass is 9.58. The number of aromatic nitrogens is 2. The Morgan fingerprint density at radius 2 is 1.46 bits per heavy atom. The minimum atomic E-state index is -0.0909. The van der Waals surface area contributed by atoms with Crippen LogP contribution in [0.25, 0.3) is 22.4 Å². The van der Waals surface area contributed by atoms with Gasteiger partial charge in [-0.15, -0.1) is 0 Å². The summed E-state index contributed by atoms with van der Waals surface area (Å²) >= 11 is 0. The second-order valence-electron chi connectivity index (χ2n) is 13.0. The largest absolute Gasteiger partial charge is 0.292 e. The Labute approximate surface area is 210 Å². The Kier molecular flexibility index (Phi) is 4.58. The fourth-order valence-corrected chi connectivity index (χ4v) is 6.73. The van der Waals surface area contributed by atoms with E-state index in [2.05, 4.69) is 125 Å². The summed E-state index contributed by atoms with van der Waals surface area (Å²) in [6.45, 7) is 19.1. The Morgan fingerprint density at radius 1 is 0.771 bits per heavy atom. The molecule has 0 radical (unpaired) electrons. The normalized spacial score (nSPS) is 19.0. The van der Waals surface area contributed by atoms with Gasteiger partial charge >= 0.3 is 0 Å². The monoisotopic (exact) mass is 462 g/mol. The lowest BCUT2D eigenvalue weighted by Crippen LogP contribution is -2.45. The number of fused-ring (bicyclic) bond motifs is 4. The molecular formula is C33H38N2. The van der Waals surface area contributed by atoms with Crippen molar-refractivity contribution in [3.63, 3.8) is 0 Å². The van der Waals surface area contributed by atoms with E-state index in [4.69, 9.17) is 0 Å². The molecule has 2 heterocycles. The maximum atomic E-state index is 3.78. The van der Waals surface area contributed by atoms with Gasteiger partial charge in [-0.1, -0.05) is 91.8 Å². The van der Waals surface area contributed by atoms with Gasteiger partial charge in [0, 0.05) is 5.41 Å². The minimum absolute atomic E-state index is 0.0909. The fourth-order valence-electron chi connectivity index (χ4n) is 6.73. The molecule has 35 heavy (non-hydrogen) atoms. The number of rotatable bonds is 2. The molecule has 0 unspecified atom stereocenters. The van der Waals surface area contributed by atoms with Crippen molar-refractivity contribution in [1.29, 1.82) is 0 Å². The van der Waals surface area contributed by atoms with Crippen molar-refractivity contribution in [2.75, 3.05) is 0 Å². The topological polar surface area (TPSA) is 8.81 Å². The van der Waals surface area contributed by atoms with Crippen LogP contribution in [0, 0.1) is 6.33 Å². The first kappa shape index (κ1) is 22.6. The summed E-state index contributed by atoms with van der Waals surface area (Å²) < 4.78 is 4.60. The summed E-state index contributed by atoms with van der Waals surface area (Å²) in [6.07, 6.45) is 6.23. The van der Waals surface area contributed by atoms with Crippen LogP contribution in [0.3, 0.4) is 0 Å². The molecule has 180 valence electrons. The van der Waals surface area contributed by atoms with E-state index in [0.29, 0.717) is 5.92 Å². The van der Waals surface area contributed by atoms with Crippen molar-refractivity contribution in [3.05, 3.63) is 88.7 Å². The highest BCUT2D eigenvalue weighted by Crippen LogP contribution is 2.53. The van der Waals surface area contributed by atoms with Gasteiger partial charge in [0.25, 0.3) is 6.33 Å². The molecule has 1 aliphatic heterocycles. The van der Waals surface area contributed by atoms with Gasteiger partial charge in [-0.3, -0.25) is 9.13 Å². The van der Waals surface area contributed by atoms with Crippen molar-refractivity contribution in [1.82, 2.24) is 4.57 Å². The van der Waals surface area contributed by atoms with Crippen molar-refractivity contribution in [2.45, 2.75) is 90.4 Å². The first-order valence-corrected chi connectivity index (χ1v) is 13.2. The average Bonchev–Trinajstić information content (AvgIpc) is 3.20. The summed E-state index contributed by atoms with van der Waals surface area (Å²) in [5.74, 6) is 0.527. The maximum absolute atomic E-state index is 3.78. The predicted molar refractivity (Wildman–Crippen MR) is 145 cm³/mol. The van der Waals surface area contributed by atoms with Crippen LogP contribution in [-0.4, -0.2) is 4.57 Å². The third-order valence-electron chi connectivity index (χ3n) is 9.00. The number of imidazole rings is 1. The van der Waals surface area contributed by atoms with Crippen molar-refractivity contribution < 1.29 is 4.57 Å². The van der Waals surface area contributed by atoms with Gasteiger partial charge in [0.2, 0.25) is 0 Å². The van der Waals surface area contributed by atoms with Gasteiger partial charge < -0.3 is 0 Å². The average molecular weight is 463 g/mol. The van der Waals surface area contributed by atoms with E-state index >= 15 is 0 Å². The molecule has 0 spiro atoms. The van der Waals surface area contributed by atoms with Gasteiger partial charge in [0.1, 0.15) is 0 Å². The summed E-state index contributed by atoms with van der Waals surface area (Å²) in [5, 5.41) is 0. The Bertz CT molecular complexity index is 1480. The van der Waals surface area contributed by atoms with Crippen LogP contribution in [0.15, 0.2) is 54.6 Å². The molecule has 2 nitrogen and oxygen atoms in total. The quantitative estimate of drug-likeness (QED) is 0.212. The number of hydrogen-bond acceptors (Lipinski definition) is 0. The van der Waals surface area contributed by atoms with Crippen LogP contribution in [0.1, 0.15) is 102 Å². The molecule has 0 amide bonds. The summed E-state index contributed by atoms with van der Waals surface area (Å²) in [4.78, 5) is 0. The van der Waals surface area contributed by atoms with Crippen LogP contribution >= 0.6 is 0 Å². The van der Waals surface area contributed by atoms with Crippen molar-refractivity contribution >= 4 is 11.0 Å². The van der Waals surface area contributed by atoms with Crippen LogP contribution in [-0.2, 0) is 16.2 Å². The molecule has 1 aliphatic carbocycles. The molecule has 0 saturated heterocycles. The zero-order valence-corrected chi connectivity index (χ0v) is 22.6. The second kappa shape index (κ2) is 7.09. The maximum Gasteiger partial charge on any atom is 0.269 e. The highest BCUT2D eigenvalue weighted by atomic mass is 15.1. The first-order valence-electron chi connectivity index (χ1n) is 13.2. The van der Waals surface area contributed by atoms with E-state index in [1.165, 1.54) is 51.8 Å². The van der Waals surface area contributed by atoms with E-state index in [-0.39, 0.29) is 16.2 Å². The molecule has 0 bridgehead atoms. The van der Waals surface area contributed by atoms with E-state index < -0.39 is 0 Å². The van der Waals surface area contributed by atoms with E-state index in [0.717, 1.165) is 5.69 Å². The highest BCUT2D eigenvalue weighted by molar-refractivity contribution is 5.82. The molecule has 4 aromatic rings. The Balaban J connectivity index is 1.68. The first-order chi connectivity index (χ1) is 16.4. The highest BCUT2D eigenvalue weighted by Gasteiger charge is 2.45. The number of nitrogens with zero attached hydrogens (tertiary/aromatic N) is 2. The van der Waals surface area contributed by atoms with Crippen LogP contribution in [0.2, 0.25) is 0 Å². The standard InChI is InChI=1S/C33H38N2/c1-21(2)22-12-14-23(15-13-22)34-20-35-26-17-16-24-28(32(5,6)19-18-31(24,3)4)29(26)33(7,8)25-10-9-11-27(34)30(25)35/h9-17,21H,18-19H2,1-8H3. The third-order valence-corrected chi connectivity index (χ3v) is 9.00. The Morgan fingerprint density at radius 3 is 2.14 bits per heavy atom. The van der Waals surface area contributed by atoms with Gasteiger partial charge in [0.05, 0.1) is 22.4 Å². The molecular weight excluding hydrogens is 424 g/mol. The van der Waals surface area contributed by atoms with Gasteiger partial charge in [-0.25, -0.2) is 0 Å². The number of benzene rings is 3. The zero-order chi connectivity index (χ0) is 24.9. The zero-order valence-electron chi connectivity index (χ0n) is 22.6. The van der Waals surface area contributed by atoms with Crippen molar-refractivity contribution in [2.24, 2.45) is 0 Å². The van der Waals surface area contributed by atoms with Gasteiger partial charge in [0.15, 0.2) is 0 Å². The van der Waals surface area contributed by atoms with Crippen LogP contribution in [0.4, 0.5) is 0 Å². The molecule has 1 aromatic heterocycles. The van der Waals surface area contributed by atoms with Gasteiger partial charge in [-0.2, -0.15) is 0 Å². The molecule has 0 saturated carbocycles. The van der Waals surface area contributed by atoms with Crippen molar-refractivity contribution in [3.8, 4) is 11.4 Å². The van der Waals surface area contributed by atoms with Crippen LogP contribution in [0.5, 0.6) is 0 Å². The summed E-state index contributed by atoms with van der Waals surface area (Å²) in [5.41, 5.74) is 12.5. The second-order valence-corrected chi connectivity index (χ2v) is 13.0. The predicted octanol–water partition coefficient (Wildman–Crippen LogP) is 7.82. The number of hydrogen-bond donors (Lipinski definition) is 0. The molecule has 0 atom stereocenters. The summed E-state index contributed by atoms with van der Waals surface area (Å²) in [6, 6.07) is 20.6. The lowest BCUT2D eigenvalue weighted by Gasteiger charge is -2.47. The third kappa shape index (κ3) is 3.05. The van der Waals surface area contributed by atoms with E-state index in [1.807, 2.05) is 0 Å². The van der Waals surface area contributed by atoms with E-state index in [9.17, 15) is 0 Å². The van der Waals surface area contributed by atoms with Gasteiger partial charge in [-0.05, 0) is 75.6 Å². The molecule has 3 aromatic carbocycles. The molecule has 2 heteroatoms. The lowest BCUT2D eigenvalue weighted by molar-refractivity contribution is -0.575. The minimum Gasteiger partial charge on any atom is -0.292 e. The molecule has 6 rings (SSSR count). The summed E-state index contributed by atoms with van der Waals surface area (Å²) in [7, 11) is 0. The SMILES string of the molecule is CC(C)c1ccc(-n2[c-][n+]3c4c(cccc42)C(C)(C)c2c-3ccc3c2C(C)(C)CCC3(C)C)cc1. The molecule has 0 N–H and O–H groups in total. The smallest absolute Gasteiger partial charge is 0.269 e. The number of para-hydroxylation sites is 1. The Hall–Kier alpha value is -2.87.